The number of sulfonamides is 1. The molecule has 2 aromatic carbocycles. The minimum atomic E-state index is -3.75. The summed E-state index contributed by atoms with van der Waals surface area (Å²) < 4.78 is 27.2. The number of rotatable bonds is 6. The smallest absolute Gasteiger partial charge is 0.242 e. The molecule has 7 heteroatoms. The van der Waals surface area contributed by atoms with Gasteiger partial charge in [-0.15, -0.1) is 0 Å². The van der Waals surface area contributed by atoms with Crippen LogP contribution in [0.4, 0.5) is 5.69 Å². The van der Waals surface area contributed by atoms with Crippen LogP contribution >= 0.6 is 15.9 Å². The molecule has 0 aliphatic heterocycles. The Labute approximate surface area is 144 Å². The summed E-state index contributed by atoms with van der Waals surface area (Å²) in [6, 6.07) is 13.9. The first-order chi connectivity index (χ1) is 10.9. The number of halogens is 1. The number of carbonyl (C=O) groups is 1. The highest BCUT2D eigenvalue weighted by Crippen LogP contribution is 2.20. The number of hydrogen-bond donors (Lipinski definition) is 2. The highest BCUT2D eigenvalue weighted by atomic mass is 79.9. The summed E-state index contributed by atoms with van der Waals surface area (Å²) in [7, 11) is -3.75. The molecule has 5 nitrogen and oxygen atoms in total. The highest BCUT2D eigenvalue weighted by Gasteiger charge is 2.18. The van der Waals surface area contributed by atoms with Crippen molar-refractivity contribution in [3.05, 3.63) is 58.6 Å². The number of hydrogen-bond acceptors (Lipinski definition) is 3. The van der Waals surface area contributed by atoms with Crippen LogP contribution in [0.2, 0.25) is 0 Å². The Morgan fingerprint density at radius 3 is 2.43 bits per heavy atom. The zero-order valence-electron chi connectivity index (χ0n) is 12.5. The molecule has 0 spiro atoms. The van der Waals surface area contributed by atoms with Crippen LogP contribution in [0.5, 0.6) is 0 Å². The molecular formula is C16H17BrN2O3S. The lowest BCUT2D eigenvalue weighted by atomic mass is 10.1. The molecule has 0 unspecified atom stereocenters. The molecule has 2 aromatic rings. The van der Waals surface area contributed by atoms with Gasteiger partial charge in [-0.25, -0.2) is 13.1 Å². The van der Waals surface area contributed by atoms with Crippen molar-refractivity contribution >= 4 is 37.5 Å². The van der Waals surface area contributed by atoms with E-state index >= 15 is 0 Å². The van der Waals surface area contributed by atoms with Crippen LogP contribution < -0.4 is 10.0 Å². The third-order valence-electron chi connectivity index (χ3n) is 3.22. The Hall–Kier alpha value is -1.70. The Balaban J connectivity index is 2.03. The molecule has 0 atom stereocenters. The normalized spacial score (nSPS) is 11.2. The Kier molecular flexibility index (Phi) is 5.92. The van der Waals surface area contributed by atoms with Crippen molar-refractivity contribution < 1.29 is 13.2 Å². The summed E-state index contributed by atoms with van der Waals surface area (Å²) in [5, 5.41) is 2.72. The van der Waals surface area contributed by atoms with Gasteiger partial charge in [0.2, 0.25) is 15.9 Å². The van der Waals surface area contributed by atoms with Crippen molar-refractivity contribution in [3.8, 4) is 0 Å². The van der Waals surface area contributed by atoms with Crippen molar-refractivity contribution in [1.29, 1.82) is 0 Å². The molecule has 0 saturated heterocycles. The summed E-state index contributed by atoms with van der Waals surface area (Å²) in [4.78, 5) is 12.1. The molecule has 122 valence electrons. The molecule has 0 radical (unpaired) electrons. The number of para-hydroxylation sites is 1. The molecule has 1 amide bonds. The summed E-state index contributed by atoms with van der Waals surface area (Å²) >= 11 is 3.19. The maximum absolute atomic E-state index is 12.2. The van der Waals surface area contributed by atoms with E-state index in [1.165, 1.54) is 6.07 Å². The Morgan fingerprint density at radius 2 is 1.74 bits per heavy atom. The van der Waals surface area contributed by atoms with E-state index in [2.05, 4.69) is 26.0 Å². The maximum Gasteiger partial charge on any atom is 0.242 e. The van der Waals surface area contributed by atoms with Crippen LogP contribution in [0.25, 0.3) is 0 Å². The molecule has 0 bridgehead atoms. The zero-order valence-corrected chi connectivity index (χ0v) is 14.9. The zero-order chi connectivity index (χ0) is 16.9. The number of anilines is 1. The van der Waals surface area contributed by atoms with Gasteiger partial charge in [0.25, 0.3) is 0 Å². The molecule has 0 aliphatic rings. The average molecular weight is 397 g/mol. The predicted octanol–water partition coefficient (Wildman–Crippen LogP) is 2.93. The fraction of sp³-hybridized carbons (Fsp3) is 0.188. The molecule has 0 heterocycles. The number of nitrogens with one attached hydrogen (secondary N) is 2. The van der Waals surface area contributed by atoms with E-state index in [1.807, 2.05) is 25.1 Å². The standard InChI is InChI=1S/C16H17BrN2O3S/c1-2-12-7-3-5-9-14(12)19-16(20)11-18-23(21,22)15-10-6-4-8-13(15)17/h3-10,18H,2,11H2,1H3,(H,19,20). The number of benzene rings is 2. The fourth-order valence-corrected chi connectivity index (χ4v) is 4.03. The lowest BCUT2D eigenvalue weighted by Crippen LogP contribution is -2.33. The van der Waals surface area contributed by atoms with Crippen LogP contribution in [-0.4, -0.2) is 20.9 Å². The number of carbonyl (C=O) groups excluding carboxylic acids is 1. The average Bonchev–Trinajstić information content (AvgIpc) is 2.54. The van der Waals surface area contributed by atoms with Crippen molar-refractivity contribution in [2.45, 2.75) is 18.2 Å². The second-order valence-corrected chi connectivity index (χ2v) is 7.40. The van der Waals surface area contributed by atoms with Gasteiger partial charge < -0.3 is 5.32 Å². The molecule has 2 N–H and O–H groups in total. The van der Waals surface area contributed by atoms with Crippen LogP contribution in [0.15, 0.2) is 57.9 Å². The van der Waals surface area contributed by atoms with Gasteiger partial charge in [-0.05, 0) is 46.1 Å². The predicted molar refractivity (Wildman–Crippen MR) is 93.8 cm³/mol. The summed E-state index contributed by atoms with van der Waals surface area (Å²) in [5.41, 5.74) is 1.69. The lowest BCUT2D eigenvalue weighted by molar-refractivity contribution is -0.115. The van der Waals surface area contributed by atoms with Crippen molar-refractivity contribution in [2.75, 3.05) is 11.9 Å². The second kappa shape index (κ2) is 7.72. The van der Waals surface area contributed by atoms with Gasteiger partial charge in [0, 0.05) is 10.2 Å². The molecular weight excluding hydrogens is 380 g/mol. The van der Waals surface area contributed by atoms with Crippen LogP contribution in [0.1, 0.15) is 12.5 Å². The van der Waals surface area contributed by atoms with E-state index < -0.39 is 15.9 Å². The monoisotopic (exact) mass is 396 g/mol. The molecule has 0 saturated carbocycles. The van der Waals surface area contributed by atoms with Crippen LogP contribution in [-0.2, 0) is 21.2 Å². The third-order valence-corrected chi connectivity index (χ3v) is 5.63. The fourth-order valence-electron chi connectivity index (χ4n) is 2.05. The van der Waals surface area contributed by atoms with Gasteiger partial charge >= 0.3 is 0 Å². The molecule has 23 heavy (non-hydrogen) atoms. The van der Waals surface area contributed by atoms with Crippen LogP contribution in [0.3, 0.4) is 0 Å². The first-order valence-corrected chi connectivity index (χ1v) is 9.33. The van der Waals surface area contributed by atoms with Crippen molar-refractivity contribution in [1.82, 2.24) is 4.72 Å². The van der Waals surface area contributed by atoms with Gasteiger partial charge in [-0.2, -0.15) is 0 Å². The van der Waals surface area contributed by atoms with E-state index in [1.54, 1.807) is 24.3 Å². The minimum absolute atomic E-state index is 0.0989. The van der Waals surface area contributed by atoms with Crippen molar-refractivity contribution in [3.63, 3.8) is 0 Å². The number of aryl methyl sites for hydroxylation is 1. The molecule has 0 aliphatic carbocycles. The lowest BCUT2D eigenvalue weighted by Gasteiger charge is -2.11. The quantitative estimate of drug-likeness (QED) is 0.787. The maximum atomic E-state index is 12.2. The van der Waals surface area contributed by atoms with E-state index in [9.17, 15) is 13.2 Å². The van der Waals surface area contributed by atoms with E-state index in [4.69, 9.17) is 0 Å². The second-order valence-electron chi connectivity index (χ2n) is 4.81. The van der Waals surface area contributed by atoms with Crippen molar-refractivity contribution in [2.24, 2.45) is 0 Å². The van der Waals surface area contributed by atoms with Gasteiger partial charge in [-0.3, -0.25) is 4.79 Å². The summed E-state index contributed by atoms with van der Waals surface area (Å²) in [5.74, 6) is -0.415. The Morgan fingerprint density at radius 1 is 1.09 bits per heavy atom. The minimum Gasteiger partial charge on any atom is -0.325 e. The third kappa shape index (κ3) is 4.63. The summed E-state index contributed by atoms with van der Waals surface area (Å²) in [6.45, 7) is 1.66. The highest BCUT2D eigenvalue weighted by molar-refractivity contribution is 9.10. The molecule has 0 fully saturated rings. The van der Waals surface area contributed by atoms with Gasteiger partial charge in [-0.1, -0.05) is 37.3 Å². The van der Waals surface area contributed by atoms with Crippen LogP contribution in [0, 0.1) is 0 Å². The van der Waals surface area contributed by atoms with E-state index in [-0.39, 0.29) is 11.4 Å². The first-order valence-electron chi connectivity index (χ1n) is 7.06. The largest absolute Gasteiger partial charge is 0.325 e. The topological polar surface area (TPSA) is 75.3 Å². The van der Waals surface area contributed by atoms with Gasteiger partial charge in [0.05, 0.1) is 11.4 Å². The molecule has 0 aromatic heterocycles. The first kappa shape index (κ1) is 17.7. The van der Waals surface area contributed by atoms with E-state index in [0.29, 0.717) is 10.2 Å². The molecule has 2 rings (SSSR count). The van der Waals surface area contributed by atoms with E-state index in [0.717, 1.165) is 12.0 Å². The van der Waals surface area contributed by atoms with Gasteiger partial charge in [0.1, 0.15) is 0 Å². The Bertz CT molecular complexity index is 806. The van der Waals surface area contributed by atoms with Gasteiger partial charge in [0.15, 0.2) is 0 Å². The SMILES string of the molecule is CCc1ccccc1NC(=O)CNS(=O)(=O)c1ccccc1Br. The summed E-state index contributed by atoms with van der Waals surface area (Å²) in [6.07, 6.45) is 0.777. The number of amides is 1.